The van der Waals surface area contributed by atoms with E-state index in [1.807, 2.05) is 12.1 Å². The highest BCUT2D eigenvalue weighted by Gasteiger charge is 2.14. The fraction of sp³-hybridized carbons (Fsp3) is 0.667. The molecule has 0 saturated carbocycles. The summed E-state index contributed by atoms with van der Waals surface area (Å²) in [5.74, 6) is 0.883. The fourth-order valence-corrected chi connectivity index (χ4v) is 1.59. The molecule has 17 heavy (non-hydrogen) atoms. The summed E-state index contributed by atoms with van der Waals surface area (Å²) in [6.07, 6.45) is 1.06. The van der Waals surface area contributed by atoms with Crippen LogP contribution in [-0.4, -0.2) is 36.5 Å². The van der Waals surface area contributed by atoms with E-state index in [1.54, 1.807) is 7.11 Å². The summed E-state index contributed by atoms with van der Waals surface area (Å²) in [5, 5.41) is 8.30. The molecule has 1 rings (SSSR count). The Bertz CT molecular complexity index is 315. The van der Waals surface area contributed by atoms with Crippen LogP contribution in [-0.2, 0) is 11.3 Å². The Morgan fingerprint density at radius 1 is 1.41 bits per heavy atom. The van der Waals surface area contributed by atoms with E-state index in [1.165, 1.54) is 0 Å². The van der Waals surface area contributed by atoms with Crippen molar-refractivity contribution >= 4 is 5.82 Å². The molecule has 1 aromatic rings. The van der Waals surface area contributed by atoms with Crippen molar-refractivity contribution in [3.8, 4) is 0 Å². The van der Waals surface area contributed by atoms with Gasteiger partial charge in [0.25, 0.3) is 0 Å². The first-order valence-electron chi connectivity index (χ1n) is 6.01. The second-order valence-electron chi connectivity index (χ2n) is 4.03. The van der Waals surface area contributed by atoms with Crippen LogP contribution in [0.3, 0.4) is 0 Å². The van der Waals surface area contributed by atoms with E-state index in [4.69, 9.17) is 10.5 Å². The number of hydrogen-bond acceptors (Lipinski definition) is 5. The Kier molecular flexibility index (Phi) is 5.86. The molecule has 1 aromatic heterocycles. The first-order chi connectivity index (χ1) is 8.22. The van der Waals surface area contributed by atoms with Gasteiger partial charge in [-0.3, -0.25) is 0 Å². The molecule has 0 amide bonds. The van der Waals surface area contributed by atoms with Gasteiger partial charge in [0.1, 0.15) is 0 Å². The average molecular weight is 238 g/mol. The lowest BCUT2D eigenvalue weighted by Crippen LogP contribution is -2.36. The first kappa shape index (κ1) is 13.9. The number of aromatic nitrogens is 2. The standard InChI is InChI=1S/C12H22N4O/c1-4-10(2)16(7-8-17-3)12-6-5-11(9-13)14-15-12/h5-6,10H,4,7-9,13H2,1-3H3. The molecule has 0 aliphatic heterocycles. The average Bonchev–Trinajstić information content (AvgIpc) is 2.39. The van der Waals surface area contributed by atoms with E-state index < -0.39 is 0 Å². The molecule has 2 N–H and O–H groups in total. The lowest BCUT2D eigenvalue weighted by Gasteiger charge is -2.29. The Morgan fingerprint density at radius 2 is 2.18 bits per heavy atom. The molecular formula is C12H22N4O. The summed E-state index contributed by atoms with van der Waals surface area (Å²) in [6.45, 7) is 6.27. The van der Waals surface area contributed by atoms with E-state index in [0.29, 0.717) is 19.2 Å². The van der Waals surface area contributed by atoms with Gasteiger partial charge in [0.05, 0.1) is 12.3 Å². The lowest BCUT2D eigenvalue weighted by atomic mass is 10.2. The predicted octanol–water partition coefficient (Wildman–Crippen LogP) is 1.19. The summed E-state index contributed by atoms with van der Waals surface area (Å²) in [4.78, 5) is 2.21. The number of nitrogens with zero attached hydrogens (tertiary/aromatic N) is 3. The summed E-state index contributed by atoms with van der Waals surface area (Å²) in [7, 11) is 1.71. The van der Waals surface area contributed by atoms with Crippen molar-refractivity contribution in [2.24, 2.45) is 5.73 Å². The third kappa shape index (κ3) is 3.94. The molecule has 0 spiro atoms. The molecular weight excluding hydrogens is 216 g/mol. The smallest absolute Gasteiger partial charge is 0.151 e. The molecule has 0 aromatic carbocycles. The van der Waals surface area contributed by atoms with Gasteiger partial charge in [-0.2, -0.15) is 5.10 Å². The largest absolute Gasteiger partial charge is 0.383 e. The number of methoxy groups -OCH3 is 1. The number of hydrogen-bond donors (Lipinski definition) is 1. The normalized spacial score (nSPS) is 12.5. The topological polar surface area (TPSA) is 64.3 Å². The predicted molar refractivity (Wildman–Crippen MR) is 68.9 cm³/mol. The van der Waals surface area contributed by atoms with Crippen LogP contribution in [0.15, 0.2) is 12.1 Å². The molecule has 0 fully saturated rings. The number of anilines is 1. The number of ether oxygens (including phenoxy) is 1. The SMILES string of the molecule is CCC(C)N(CCOC)c1ccc(CN)nn1. The molecule has 0 bridgehead atoms. The van der Waals surface area contributed by atoms with E-state index in [2.05, 4.69) is 28.9 Å². The highest BCUT2D eigenvalue weighted by atomic mass is 16.5. The van der Waals surface area contributed by atoms with Crippen LogP contribution in [0.2, 0.25) is 0 Å². The molecule has 96 valence electrons. The van der Waals surface area contributed by atoms with Crippen LogP contribution in [0.4, 0.5) is 5.82 Å². The number of rotatable bonds is 7. The Hall–Kier alpha value is -1.20. The van der Waals surface area contributed by atoms with Crippen molar-refractivity contribution in [3.63, 3.8) is 0 Å². The van der Waals surface area contributed by atoms with Crippen LogP contribution < -0.4 is 10.6 Å². The van der Waals surface area contributed by atoms with Crippen LogP contribution in [0, 0.1) is 0 Å². The van der Waals surface area contributed by atoms with Crippen molar-refractivity contribution in [1.29, 1.82) is 0 Å². The summed E-state index contributed by atoms with van der Waals surface area (Å²) < 4.78 is 5.12. The maximum absolute atomic E-state index is 5.51. The lowest BCUT2D eigenvalue weighted by molar-refractivity contribution is 0.203. The maximum atomic E-state index is 5.51. The quantitative estimate of drug-likeness (QED) is 0.773. The zero-order chi connectivity index (χ0) is 12.7. The van der Waals surface area contributed by atoms with Crippen molar-refractivity contribution in [3.05, 3.63) is 17.8 Å². The Labute approximate surface area is 103 Å². The van der Waals surface area contributed by atoms with Gasteiger partial charge in [-0.1, -0.05) is 6.92 Å². The number of nitrogens with two attached hydrogens (primary N) is 1. The van der Waals surface area contributed by atoms with E-state index >= 15 is 0 Å². The van der Waals surface area contributed by atoms with Gasteiger partial charge >= 0.3 is 0 Å². The van der Waals surface area contributed by atoms with Crippen molar-refractivity contribution < 1.29 is 4.74 Å². The van der Waals surface area contributed by atoms with Crippen LogP contribution in [0.5, 0.6) is 0 Å². The Balaban J connectivity index is 2.79. The van der Waals surface area contributed by atoms with Gasteiger partial charge < -0.3 is 15.4 Å². The molecule has 0 aliphatic carbocycles. The zero-order valence-electron chi connectivity index (χ0n) is 10.9. The third-order valence-electron chi connectivity index (χ3n) is 2.87. The molecule has 0 aliphatic rings. The minimum Gasteiger partial charge on any atom is -0.383 e. The Morgan fingerprint density at radius 3 is 2.65 bits per heavy atom. The zero-order valence-corrected chi connectivity index (χ0v) is 10.9. The molecule has 1 unspecified atom stereocenters. The van der Waals surface area contributed by atoms with Gasteiger partial charge in [-0.15, -0.1) is 5.10 Å². The van der Waals surface area contributed by atoms with Crippen LogP contribution in [0.25, 0.3) is 0 Å². The third-order valence-corrected chi connectivity index (χ3v) is 2.87. The molecule has 5 heteroatoms. The molecule has 1 atom stereocenters. The van der Waals surface area contributed by atoms with Gasteiger partial charge in [0, 0.05) is 26.2 Å². The fourth-order valence-electron chi connectivity index (χ4n) is 1.59. The molecule has 0 saturated heterocycles. The summed E-state index contributed by atoms with van der Waals surface area (Å²) in [5.41, 5.74) is 6.32. The van der Waals surface area contributed by atoms with Crippen LogP contribution in [0.1, 0.15) is 26.0 Å². The van der Waals surface area contributed by atoms with E-state index in [-0.39, 0.29) is 0 Å². The minimum atomic E-state index is 0.420. The van der Waals surface area contributed by atoms with Crippen LogP contribution >= 0.6 is 0 Å². The maximum Gasteiger partial charge on any atom is 0.151 e. The second-order valence-corrected chi connectivity index (χ2v) is 4.03. The van der Waals surface area contributed by atoms with Crippen molar-refractivity contribution in [2.45, 2.75) is 32.9 Å². The van der Waals surface area contributed by atoms with Gasteiger partial charge in [-0.25, -0.2) is 0 Å². The van der Waals surface area contributed by atoms with E-state index in [9.17, 15) is 0 Å². The monoisotopic (exact) mass is 238 g/mol. The van der Waals surface area contributed by atoms with Gasteiger partial charge in [-0.05, 0) is 25.5 Å². The minimum absolute atomic E-state index is 0.420. The summed E-state index contributed by atoms with van der Waals surface area (Å²) >= 11 is 0. The molecule has 5 nitrogen and oxygen atoms in total. The van der Waals surface area contributed by atoms with Crippen molar-refractivity contribution in [2.75, 3.05) is 25.2 Å². The van der Waals surface area contributed by atoms with E-state index in [0.717, 1.165) is 24.5 Å². The second kappa shape index (κ2) is 7.19. The summed E-state index contributed by atoms with van der Waals surface area (Å²) in [6, 6.07) is 4.31. The molecule has 0 radical (unpaired) electrons. The van der Waals surface area contributed by atoms with Crippen molar-refractivity contribution in [1.82, 2.24) is 10.2 Å². The first-order valence-corrected chi connectivity index (χ1v) is 6.01. The van der Waals surface area contributed by atoms with Gasteiger partial charge in [0.2, 0.25) is 0 Å². The molecule has 1 heterocycles. The highest BCUT2D eigenvalue weighted by Crippen LogP contribution is 2.14. The highest BCUT2D eigenvalue weighted by molar-refractivity contribution is 5.38. The van der Waals surface area contributed by atoms with Gasteiger partial charge in [0.15, 0.2) is 5.82 Å².